The third kappa shape index (κ3) is 3.48. The molecule has 2 rings (SSSR count). The summed E-state index contributed by atoms with van der Waals surface area (Å²) in [4.78, 5) is 0. The maximum atomic E-state index is 13.8. The molecule has 3 heteroatoms. The maximum Gasteiger partial charge on any atom is 0.128 e. The Balaban J connectivity index is 2.17. The van der Waals surface area contributed by atoms with Gasteiger partial charge in [0, 0.05) is 5.56 Å². The lowest BCUT2D eigenvalue weighted by atomic mass is 10.0. The minimum Gasteiger partial charge on any atom is -0.497 e. The SMILES string of the molecule is COc1cccc(CC(Cl)c2ccc(C)cc2F)c1. The van der Waals surface area contributed by atoms with E-state index in [2.05, 4.69) is 0 Å². The van der Waals surface area contributed by atoms with Crippen LogP contribution in [0.4, 0.5) is 4.39 Å². The minimum absolute atomic E-state index is 0.247. The van der Waals surface area contributed by atoms with E-state index in [1.807, 2.05) is 37.3 Å². The van der Waals surface area contributed by atoms with Crippen LogP contribution >= 0.6 is 11.6 Å². The van der Waals surface area contributed by atoms with E-state index in [4.69, 9.17) is 16.3 Å². The van der Waals surface area contributed by atoms with Crippen LogP contribution in [0.15, 0.2) is 42.5 Å². The van der Waals surface area contributed by atoms with Crippen LogP contribution < -0.4 is 4.74 Å². The summed E-state index contributed by atoms with van der Waals surface area (Å²) in [6.45, 7) is 1.86. The highest BCUT2D eigenvalue weighted by Gasteiger charge is 2.14. The van der Waals surface area contributed by atoms with Gasteiger partial charge in [-0.25, -0.2) is 4.39 Å². The molecule has 2 aromatic rings. The Morgan fingerprint density at radius 3 is 2.68 bits per heavy atom. The number of alkyl halides is 1. The lowest BCUT2D eigenvalue weighted by Gasteiger charge is -2.12. The number of ether oxygens (including phenoxy) is 1. The molecule has 0 N–H and O–H groups in total. The van der Waals surface area contributed by atoms with E-state index in [-0.39, 0.29) is 11.2 Å². The number of halogens is 2. The predicted octanol–water partition coefficient (Wildman–Crippen LogP) is 4.67. The van der Waals surface area contributed by atoms with Crippen LogP contribution in [0, 0.1) is 12.7 Å². The number of benzene rings is 2. The van der Waals surface area contributed by atoms with Gasteiger partial charge in [0.25, 0.3) is 0 Å². The van der Waals surface area contributed by atoms with Crippen molar-refractivity contribution in [1.29, 1.82) is 0 Å². The maximum absolute atomic E-state index is 13.8. The molecule has 1 atom stereocenters. The molecule has 0 spiro atoms. The molecule has 19 heavy (non-hydrogen) atoms. The average Bonchev–Trinajstić information content (AvgIpc) is 2.38. The van der Waals surface area contributed by atoms with Crippen LogP contribution in [-0.2, 0) is 6.42 Å². The Bertz CT molecular complexity index is 568. The second-order valence-corrected chi connectivity index (χ2v) is 5.07. The van der Waals surface area contributed by atoms with Gasteiger partial charge in [0.15, 0.2) is 0 Å². The Hall–Kier alpha value is -1.54. The summed E-state index contributed by atoms with van der Waals surface area (Å²) in [6.07, 6.45) is 0.568. The fraction of sp³-hybridized carbons (Fsp3) is 0.250. The summed E-state index contributed by atoms with van der Waals surface area (Å²) in [5, 5.41) is -0.382. The van der Waals surface area contributed by atoms with E-state index in [9.17, 15) is 4.39 Å². The molecule has 0 amide bonds. The summed E-state index contributed by atoms with van der Waals surface area (Å²) in [7, 11) is 1.62. The molecule has 100 valence electrons. The number of hydrogen-bond donors (Lipinski definition) is 0. The van der Waals surface area contributed by atoms with Crippen molar-refractivity contribution in [2.45, 2.75) is 18.7 Å². The van der Waals surface area contributed by atoms with Crippen LogP contribution in [0.1, 0.15) is 22.1 Å². The van der Waals surface area contributed by atoms with Crippen LogP contribution in [0.5, 0.6) is 5.75 Å². The molecular formula is C16H16ClFO. The summed E-state index contributed by atoms with van der Waals surface area (Å²) < 4.78 is 19.0. The molecule has 2 aromatic carbocycles. The van der Waals surface area contributed by atoms with Crippen molar-refractivity contribution in [2.75, 3.05) is 7.11 Å². The summed E-state index contributed by atoms with van der Waals surface area (Å²) in [6, 6.07) is 12.8. The average molecular weight is 279 g/mol. The van der Waals surface area contributed by atoms with Gasteiger partial charge in [-0.15, -0.1) is 11.6 Å². The van der Waals surface area contributed by atoms with E-state index >= 15 is 0 Å². The van der Waals surface area contributed by atoms with E-state index in [1.54, 1.807) is 13.2 Å². The molecule has 0 radical (unpaired) electrons. The summed E-state index contributed by atoms with van der Waals surface area (Å²) >= 11 is 6.31. The zero-order valence-electron chi connectivity index (χ0n) is 11.0. The predicted molar refractivity (Wildman–Crippen MR) is 76.4 cm³/mol. The highest BCUT2D eigenvalue weighted by Crippen LogP contribution is 2.28. The van der Waals surface area contributed by atoms with Gasteiger partial charge in [0.2, 0.25) is 0 Å². The third-order valence-electron chi connectivity index (χ3n) is 3.04. The Morgan fingerprint density at radius 2 is 2.00 bits per heavy atom. The number of aryl methyl sites for hydroxylation is 1. The molecule has 0 saturated carbocycles. The molecule has 0 aliphatic carbocycles. The van der Waals surface area contributed by atoms with Gasteiger partial charge in [0.05, 0.1) is 12.5 Å². The van der Waals surface area contributed by atoms with Crippen molar-refractivity contribution in [2.24, 2.45) is 0 Å². The monoisotopic (exact) mass is 278 g/mol. The second kappa shape index (κ2) is 6.07. The van der Waals surface area contributed by atoms with Crippen LogP contribution in [0.3, 0.4) is 0 Å². The van der Waals surface area contributed by atoms with Gasteiger partial charge in [-0.05, 0) is 42.7 Å². The molecule has 1 nitrogen and oxygen atoms in total. The first-order chi connectivity index (χ1) is 9.10. The van der Waals surface area contributed by atoms with E-state index in [1.165, 1.54) is 6.07 Å². The normalized spacial score (nSPS) is 12.2. The smallest absolute Gasteiger partial charge is 0.128 e. The van der Waals surface area contributed by atoms with E-state index in [0.717, 1.165) is 16.9 Å². The van der Waals surface area contributed by atoms with Crippen molar-refractivity contribution in [3.63, 3.8) is 0 Å². The van der Waals surface area contributed by atoms with E-state index in [0.29, 0.717) is 12.0 Å². The van der Waals surface area contributed by atoms with Crippen LogP contribution in [0.2, 0.25) is 0 Å². The van der Waals surface area contributed by atoms with Crippen molar-refractivity contribution in [1.82, 2.24) is 0 Å². The first-order valence-electron chi connectivity index (χ1n) is 6.13. The highest BCUT2D eigenvalue weighted by atomic mass is 35.5. The van der Waals surface area contributed by atoms with Gasteiger partial charge in [-0.1, -0.05) is 24.3 Å². The molecule has 1 unspecified atom stereocenters. The largest absolute Gasteiger partial charge is 0.497 e. The Morgan fingerprint density at radius 1 is 1.21 bits per heavy atom. The van der Waals surface area contributed by atoms with Crippen LogP contribution in [-0.4, -0.2) is 7.11 Å². The number of methoxy groups -OCH3 is 1. The van der Waals surface area contributed by atoms with E-state index < -0.39 is 0 Å². The van der Waals surface area contributed by atoms with Gasteiger partial charge in [0.1, 0.15) is 11.6 Å². The van der Waals surface area contributed by atoms with Crippen molar-refractivity contribution >= 4 is 11.6 Å². The fourth-order valence-corrected chi connectivity index (χ4v) is 2.36. The first-order valence-corrected chi connectivity index (χ1v) is 6.57. The molecule has 0 aromatic heterocycles. The minimum atomic E-state index is -0.382. The standard InChI is InChI=1S/C16H16ClFO/c1-11-6-7-14(16(18)8-11)15(17)10-12-4-3-5-13(9-12)19-2/h3-9,15H,10H2,1-2H3. The lowest BCUT2D eigenvalue weighted by Crippen LogP contribution is -2.00. The molecule has 0 aliphatic heterocycles. The Kier molecular flexibility index (Phi) is 4.43. The van der Waals surface area contributed by atoms with Gasteiger partial charge >= 0.3 is 0 Å². The third-order valence-corrected chi connectivity index (χ3v) is 3.43. The zero-order chi connectivity index (χ0) is 13.8. The number of rotatable bonds is 4. The lowest BCUT2D eigenvalue weighted by molar-refractivity contribution is 0.414. The first kappa shape index (κ1) is 13.9. The van der Waals surface area contributed by atoms with Gasteiger partial charge < -0.3 is 4.74 Å². The quantitative estimate of drug-likeness (QED) is 0.739. The van der Waals surface area contributed by atoms with Crippen molar-refractivity contribution in [3.8, 4) is 5.75 Å². The van der Waals surface area contributed by atoms with Crippen molar-refractivity contribution < 1.29 is 9.13 Å². The molecule has 0 heterocycles. The molecular weight excluding hydrogens is 263 g/mol. The molecule has 0 aliphatic rings. The van der Waals surface area contributed by atoms with Gasteiger partial charge in [-0.3, -0.25) is 0 Å². The van der Waals surface area contributed by atoms with Crippen molar-refractivity contribution in [3.05, 3.63) is 65.0 Å². The van der Waals surface area contributed by atoms with Crippen LogP contribution in [0.25, 0.3) is 0 Å². The molecule has 0 saturated heterocycles. The molecule has 0 bridgehead atoms. The Labute approximate surface area is 118 Å². The molecule has 0 fully saturated rings. The van der Waals surface area contributed by atoms with Gasteiger partial charge in [-0.2, -0.15) is 0 Å². The summed E-state index contributed by atoms with van der Waals surface area (Å²) in [5.41, 5.74) is 2.46. The topological polar surface area (TPSA) is 9.23 Å². The zero-order valence-corrected chi connectivity index (χ0v) is 11.7. The second-order valence-electron chi connectivity index (χ2n) is 4.55. The highest BCUT2D eigenvalue weighted by molar-refractivity contribution is 6.20. The fourth-order valence-electron chi connectivity index (χ4n) is 2.00. The summed E-state index contributed by atoms with van der Waals surface area (Å²) in [5.74, 6) is 0.536. The number of hydrogen-bond acceptors (Lipinski definition) is 1.